The van der Waals surface area contributed by atoms with Gasteiger partial charge in [-0.15, -0.1) is 0 Å². The third-order valence-corrected chi connectivity index (χ3v) is 6.30. The number of ether oxygens (including phenoxy) is 2. The van der Waals surface area contributed by atoms with Gasteiger partial charge in [-0.1, -0.05) is 48.9 Å². The topological polar surface area (TPSA) is 35.5 Å². The molecule has 27 heavy (non-hydrogen) atoms. The van der Waals surface area contributed by atoms with Gasteiger partial charge in [-0.25, -0.2) is 0 Å². The third-order valence-electron chi connectivity index (χ3n) is 6.30. The van der Waals surface area contributed by atoms with Crippen LogP contribution in [-0.4, -0.2) is 20.2 Å². The van der Waals surface area contributed by atoms with Crippen molar-refractivity contribution in [3.05, 3.63) is 65.7 Å². The van der Waals surface area contributed by atoms with E-state index in [-0.39, 0.29) is 11.9 Å². The molecule has 0 aromatic heterocycles. The molecule has 3 heteroatoms. The van der Waals surface area contributed by atoms with Crippen LogP contribution in [0.5, 0.6) is 5.75 Å². The molecular formula is C24H30O3. The fraction of sp³-hybridized carbons (Fsp3) is 0.458. The number of methoxy groups -OCH3 is 2. The summed E-state index contributed by atoms with van der Waals surface area (Å²) in [6, 6.07) is 18.9. The lowest BCUT2D eigenvalue weighted by molar-refractivity contribution is -0.158. The van der Waals surface area contributed by atoms with Crippen molar-refractivity contribution in [3.63, 3.8) is 0 Å². The van der Waals surface area contributed by atoms with Gasteiger partial charge >= 0.3 is 5.97 Å². The Morgan fingerprint density at radius 1 is 1.07 bits per heavy atom. The standard InChI is InChI=1S/C24H30O3/c1-24(23(25)27-3)17-7-10-21(19-12-14-20(26-2)15-13-19)22(24)16-11-18-8-5-4-6-9-18/h4-6,8-9,12-15,21-22H,7,10-11,16-17H2,1-3H3/t21-,22-,24+/m1/s1. The van der Waals surface area contributed by atoms with Gasteiger partial charge in [0.25, 0.3) is 0 Å². The van der Waals surface area contributed by atoms with Gasteiger partial charge in [0.15, 0.2) is 0 Å². The molecule has 0 heterocycles. The van der Waals surface area contributed by atoms with E-state index in [1.807, 2.05) is 18.2 Å². The van der Waals surface area contributed by atoms with E-state index in [4.69, 9.17) is 9.47 Å². The number of hydrogen-bond acceptors (Lipinski definition) is 3. The highest BCUT2D eigenvalue weighted by molar-refractivity contribution is 5.77. The minimum Gasteiger partial charge on any atom is -0.497 e. The van der Waals surface area contributed by atoms with E-state index < -0.39 is 5.41 Å². The highest BCUT2D eigenvalue weighted by Gasteiger charge is 2.48. The molecule has 0 spiro atoms. The Bertz CT molecular complexity index is 738. The molecule has 0 bridgehead atoms. The zero-order chi connectivity index (χ0) is 19.3. The summed E-state index contributed by atoms with van der Waals surface area (Å²) in [7, 11) is 3.20. The maximum atomic E-state index is 12.7. The van der Waals surface area contributed by atoms with Crippen LogP contribution < -0.4 is 4.74 Å². The molecule has 0 amide bonds. The molecule has 0 unspecified atom stereocenters. The molecular weight excluding hydrogens is 336 g/mol. The first kappa shape index (κ1) is 19.5. The predicted octanol–water partition coefficient (Wildman–Crippen LogP) is 5.39. The largest absolute Gasteiger partial charge is 0.497 e. The van der Waals surface area contributed by atoms with Gasteiger partial charge in [-0.2, -0.15) is 0 Å². The first-order valence-electron chi connectivity index (χ1n) is 9.85. The Balaban J connectivity index is 1.89. The molecule has 1 aliphatic rings. The van der Waals surface area contributed by atoms with Gasteiger partial charge in [0.2, 0.25) is 0 Å². The van der Waals surface area contributed by atoms with E-state index in [0.29, 0.717) is 5.92 Å². The SMILES string of the molecule is COC(=O)[C@@]1(C)CCC[C@H](c2ccc(OC)cc2)[C@H]1CCc1ccccc1. The van der Waals surface area contributed by atoms with Crippen molar-refractivity contribution in [1.29, 1.82) is 0 Å². The number of carbonyl (C=O) groups excluding carboxylic acids is 1. The summed E-state index contributed by atoms with van der Waals surface area (Å²) in [5, 5.41) is 0. The number of benzene rings is 2. The summed E-state index contributed by atoms with van der Waals surface area (Å²) in [5.41, 5.74) is 2.18. The highest BCUT2D eigenvalue weighted by atomic mass is 16.5. The summed E-state index contributed by atoms with van der Waals surface area (Å²) in [5.74, 6) is 1.41. The Kier molecular flexibility index (Phi) is 6.20. The Morgan fingerprint density at radius 2 is 1.78 bits per heavy atom. The zero-order valence-corrected chi connectivity index (χ0v) is 16.6. The van der Waals surface area contributed by atoms with Crippen molar-refractivity contribution < 1.29 is 14.3 Å². The van der Waals surface area contributed by atoms with E-state index in [1.165, 1.54) is 18.2 Å². The number of aryl methyl sites for hydroxylation is 1. The predicted molar refractivity (Wildman–Crippen MR) is 108 cm³/mol. The van der Waals surface area contributed by atoms with Gasteiger partial charge < -0.3 is 9.47 Å². The van der Waals surface area contributed by atoms with Crippen LogP contribution in [0.25, 0.3) is 0 Å². The molecule has 144 valence electrons. The maximum absolute atomic E-state index is 12.7. The third kappa shape index (κ3) is 4.18. The number of rotatable bonds is 6. The maximum Gasteiger partial charge on any atom is 0.311 e. The van der Waals surface area contributed by atoms with Crippen LogP contribution >= 0.6 is 0 Å². The highest BCUT2D eigenvalue weighted by Crippen LogP contribution is 2.51. The average Bonchev–Trinajstić information content (AvgIpc) is 2.73. The van der Waals surface area contributed by atoms with Crippen LogP contribution in [0, 0.1) is 11.3 Å². The molecule has 0 aliphatic heterocycles. The molecule has 2 aromatic carbocycles. The first-order chi connectivity index (χ1) is 13.1. The summed E-state index contributed by atoms with van der Waals surface area (Å²) in [6.45, 7) is 2.10. The second kappa shape index (κ2) is 8.60. The summed E-state index contributed by atoms with van der Waals surface area (Å²) < 4.78 is 10.5. The minimum atomic E-state index is -0.438. The van der Waals surface area contributed by atoms with Gasteiger partial charge in [0.1, 0.15) is 5.75 Å². The Labute approximate surface area is 162 Å². The van der Waals surface area contributed by atoms with Gasteiger partial charge in [-0.05, 0) is 67.7 Å². The van der Waals surface area contributed by atoms with E-state index in [1.54, 1.807) is 7.11 Å². The van der Waals surface area contributed by atoms with Crippen molar-refractivity contribution >= 4 is 5.97 Å². The molecule has 1 saturated carbocycles. The van der Waals surface area contributed by atoms with Crippen LogP contribution in [0.3, 0.4) is 0 Å². The van der Waals surface area contributed by atoms with E-state index in [0.717, 1.165) is 37.9 Å². The summed E-state index contributed by atoms with van der Waals surface area (Å²) in [4.78, 5) is 12.7. The minimum absolute atomic E-state index is 0.0706. The van der Waals surface area contributed by atoms with Crippen LogP contribution in [-0.2, 0) is 16.0 Å². The van der Waals surface area contributed by atoms with Crippen LogP contribution in [0.2, 0.25) is 0 Å². The zero-order valence-electron chi connectivity index (χ0n) is 16.6. The van der Waals surface area contributed by atoms with E-state index in [9.17, 15) is 4.79 Å². The smallest absolute Gasteiger partial charge is 0.311 e. The molecule has 0 saturated heterocycles. The van der Waals surface area contributed by atoms with E-state index >= 15 is 0 Å². The molecule has 1 fully saturated rings. The summed E-state index contributed by atoms with van der Waals surface area (Å²) in [6.07, 6.45) is 5.01. The monoisotopic (exact) mass is 366 g/mol. The normalized spacial score (nSPS) is 25.0. The molecule has 1 aliphatic carbocycles. The summed E-state index contributed by atoms with van der Waals surface area (Å²) >= 11 is 0. The molecule has 0 radical (unpaired) electrons. The van der Waals surface area contributed by atoms with Crippen LogP contribution in [0.4, 0.5) is 0 Å². The van der Waals surface area contributed by atoms with Crippen molar-refractivity contribution in [2.24, 2.45) is 11.3 Å². The average molecular weight is 367 g/mol. The fourth-order valence-corrected chi connectivity index (χ4v) is 4.74. The first-order valence-corrected chi connectivity index (χ1v) is 9.85. The van der Waals surface area contributed by atoms with Crippen molar-refractivity contribution in [3.8, 4) is 5.75 Å². The molecule has 2 aromatic rings. The lowest BCUT2D eigenvalue weighted by Gasteiger charge is -2.44. The van der Waals surface area contributed by atoms with Crippen LogP contribution in [0.1, 0.15) is 49.7 Å². The van der Waals surface area contributed by atoms with Gasteiger partial charge in [-0.3, -0.25) is 4.79 Å². The lowest BCUT2D eigenvalue weighted by atomic mass is 9.59. The second-order valence-corrected chi connectivity index (χ2v) is 7.81. The number of carbonyl (C=O) groups is 1. The lowest BCUT2D eigenvalue weighted by Crippen LogP contribution is -2.43. The quantitative estimate of drug-likeness (QED) is 0.643. The molecule has 3 atom stereocenters. The molecule has 3 rings (SSSR count). The van der Waals surface area contributed by atoms with Crippen molar-refractivity contribution in [1.82, 2.24) is 0 Å². The van der Waals surface area contributed by atoms with Crippen LogP contribution in [0.15, 0.2) is 54.6 Å². The Hall–Kier alpha value is -2.29. The van der Waals surface area contributed by atoms with Gasteiger partial charge in [0, 0.05) is 0 Å². The Morgan fingerprint density at radius 3 is 2.41 bits per heavy atom. The fourth-order valence-electron chi connectivity index (χ4n) is 4.74. The van der Waals surface area contributed by atoms with Gasteiger partial charge in [0.05, 0.1) is 19.6 Å². The number of esters is 1. The van der Waals surface area contributed by atoms with Crippen molar-refractivity contribution in [2.75, 3.05) is 14.2 Å². The number of hydrogen-bond donors (Lipinski definition) is 0. The molecule has 3 nitrogen and oxygen atoms in total. The van der Waals surface area contributed by atoms with Crippen molar-refractivity contribution in [2.45, 2.75) is 44.9 Å². The van der Waals surface area contributed by atoms with E-state index in [2.05, 4.69) is 43.3 Å². The molecule has 0 N–H and O–H groups in total. The second-order valence-electron chi connectivity index (χ2n) is 7.81.